The summed E-state index contributed by atoms with van der Waals surface area (Å²) in [5, 5.41) is 15.3. The fourth-order valence-electron chi connectivity index (χ4n) is 7.46. The van der Waals surface area contributed by atoms with E-state index in [0.29, 0.717) is 42.9 Å². The zero-order valence-corrected chi connectivity index (χ0v) is 31.0. The molecule has 0 radical (unpaired) electrons. The Balaban J connectivity index is 1.02. The van der Waals surface area contributed by atoms with Gasteiger partial charge in [0, 0.05) is 92.5 Å². The molecule has 2 amide bonds. The number of rotatable bonds is 13. The smallest absolute Gasteiger partial charge is 0.251 e. The number of ether oxygens (including phenoxy) is 1. The standard InChI is InChI=1S/C42H49FN8O3/c1-3-38-35(39(48-33-14-17-54-18-15-33)36-24-47-51(4-2)40(36)49-38)23-46-42(53)31-10-6-9-30(21-31)41(52)45-22-27-11-12-37(43)34(20-27)29-8-5-7-28(19-29)25-50-16-13-32(44)26-50/h5-12,19-21,24,32-33H,3-4,13-18,22-23,25-26,44H2,1-2H3,(H,45,52)(H,46,53)(H,48,49)/t32-/m0/s1. The minimum absolute atomic E-state index is 0.195. The molecule has 1 atom stereocenters. The van der Waals surface area contributed by atoms with Crippen LogP contribution in [0.3, 0.4) is 0 Å². The lowest BCUT2D eigenvalue weighted by Crippen LogP contribution is -2.30. The second kappa shape index (κ2) is 16.9. The monoisotopic (exact) mass is 732 g/mol. The van der Waals surface area contributed by atoms with E-state index in [1.807, 2.05) is 42.1 Å². The quantitative estimate of drug-likeness (QED) is 0.119. The molecule has 3 aromatic carbocycles. The highest BCUT2D eigenvalue weighted by Crippen LogP contribution is 2.31. The largest absolute Gasteiger partial charge is 0.381 e. The average molecular weight is 733 g/mol. The maximum absolute atomic E-state index is 15.1. The predicted molar refractivity (Wildman–Crippen MR) is 209 cm³/mol. The topological polar surface area (TPSA) is 139 Å². The molecule has 282 valence electrons. The van der Waals surface area contributed by atoms with Crippen LogP contribution in [0.2, 0.25) is 0 Å². The average Bonchev–Trinajstić information content (AvgIpc) is 3.82. The minimum Gasteiger partial charge on any atom is -0.381 e. The van der Waals surface area contributed by atoms with Gasteiger partial charge < -0.3 is 26.4 Å². The molecule has 0 unspecified atom stereocenters. The van der Waals surface area contributed by atoms with Crippen LogP contribution in [-0.4, -0.2) is 69.9 Å². The van der Waals surface area contributed by atoms with Gasteiger partial charge >= 0.3 is 0 Å². The van der Waals surface area contributed by atoms with Crippen molar-refractivity contribution >= 4 is 28.5 Å². The molecule has 2 fully saturated rings. The summed E-state index contributed by atoms with van der Waals surface area (Å²) >= 11 is 0. The van der Waals surface area contributed by atoms with Gasteiger partial charge in [-0.15, -0.1) is 0 Å². The fraction of sp³-hybridized carbons (Fsp3) is 0.381. The van der Waals surface area contributed by atoms with Gasteiger partial charge in [-0.25, -0.2) is 14.1 Å². The number of carbonyl (C=O) groups excluding carboxylic acids is 2. The summed E-state index contributed by atoms with van der Waals surface area (Å²) in [7, 11) is 0. The Morgan fingerprint density at radius 3 is 2.41 bits per heavy atom. The van der Waals surface area contributed by atoms with Crippen molar-refractivity contribution in [3.05, 3.63) is 112 Å². The van der Waals surface area contributed by atoms with E-state index in [9.17, 15) is 9.59 Å². The van der Waals surface area contributed by atoms with Crippen LogP contribution in [0.25, 0.3) is 22.2 Å². The minimum atomic E-state index is -0.333. The molecule has 2 aromatic heterocycles. The molecule has 5 N–H and O–H groups in total. The zero-order valence-electron chi connectivity index (χ0n) is 31.0. The lowest BCUT2D eigenvalue weighted by Gasteiger charge is -2.26. The summed E-state index contributed by atoms with van der Waals surface area (Å²) in [6.07, 6.45) is 5.29. The van der Waals surface area contributed by atoms with Crippen molar-refractivity contribution in [2.75, 3.05) is 31.6 Å². The molecule has 0 saturated carbocycles. The van der Waals surface area contributed by atoms with Crippen LogP contribution in [-0.2, 0) is 37.3 Å². The maximum Gasteiger partial charge on any atom is 0.251 e. The highest BCUT2D eigenvalue weighted by atomic mass is 19.1. The van der Waals surface area contributed by atoms with Crippen LogP contribution in [0.4, 0.5) is 10.1 Å². The third-order valence-electron chi connectivity index (χ3n) is 10.4. The van der Waals surface area contributed by atoms with Gasteiger partial charge in [0.15, 0.2) is 5.65 Å². The Morgan fingerprint density at radius 1 is 0.926 bits per heavy atom. The van der Waals surface area contributed by atoms with Gasteiger partial charge in [0.2, 0.25) is 0 Å². The summed E-state index contributed by atoms with van der Waals surface area (Å²) in [5.74, 6) is -0.959. The molecule has 4 heterocycles. The first-order valence-electron chi connectivity index (χ1n) is 19.0. The number of amides is 2. The van der Waals surface area contributed by atoms with Gasteiger partial charge in [0.05, 0.1) is 17.3 Å². The lowest BCUT2D eigenvalue weighted by atomic mass is 10.00. The first-order valence-corrected chi connectivity index (χ1v) is 19.0. The molecule has 2 aliphatic heterocycles. The van der Waals surface area contributed by atoms with Crippen molar-refractivity contribution in [3.8, 4) is 11.1 Å². The van der Waals surface area contributed by atoms with Gasteiger partial charge in [0.1, 0.15) is 5.82 Å². The molecular formula is C42H49FN8O3. The normalized spacial score (nSPS) is 16.5. The number of nitrogens with two attached hydrogens (primary N) is 1. The van der Waals surface area contributed by atoms with Gasteiger partial charge in [-0.1, -0.05) is 37.3 Å². The van der Waals surface area contributed by atoms with E-state index in [-0.39, 0.29) is 42.8 Å². The number of hydrogen-bond donors (Lipinski definition) is 4. The summed E-state index contributed by atoms with van der Waals surface area (Å²) in [6, 6.07) is 19.9. The van der Waals surface area contributed by atoms with E-state index in [2.05, 4.69) is 32.9 Å². The lowest BCUT2D eigenvalue weighted by molar-refractivity contribution is 0.0904. The molecule has 0 bridgehead atoms. The summed E-state index contributed by atoms with van der Waals surface area (Å²) in [6.45, 7) is 9.24. The van der Waals surface area contributed by atoms with Crippen molar-refractivity contribution in [1.29, 1.82) is 0 Å². The SMILES string of the molecule is CCc1nc2c(cnn2CC)c(NC2CCOCC2)c1CNC(=O)c1cccc(C(=O)NCc2ccc(F)c(-c3cccc(CN4CC[C@H](N)C4)c3)c2)c1. The molecule has 54 heavy (non-hydrogen) atoms. The van der Waals surface area contributed by atoms with Crippen molar-refractivity contribution in [2.45, 2.75) is 77.8 Å². The van der Waals surface area contributed by atoms with E-state index in [4.69, 9.17) is 15.5 Å². The van der Waals surface area contributed by atoms with Gasteiger partial charge in [-0.2, -0.15) is 5.10 Å². The Morgan fingerprint density at radius 2 is 1.69 bits per heavy atom. The molecular weight excluding hydrogens is 684 g/mol. The van der Waals surface area contributed by atoms with Crippen molar-refractivity contribution < 1.29 is 18.7 Å². The summed E-state index contributed by atoms with van der Waals surface area (Å²) in [4.78, 5) is 34.2. The summed E-state index contributed by atoms with van der Waals surface area (Å²) < 4.78 is 22.6. The third-order valence-corrected chi connectivity index (χ3v) is 10.4. The number of likely N-dealkylation sites (tertiary alicyclic amines) is 1. The molecule has 12 heteroatoms. The highest BCUT2D eigenvalue weighted by molar-refractivity contribution is 6.00. The van der Waals surface area contributed by atoms with Crippen LogP contribution in [0, 0.1) is 5.82 Å². The Bertz CT molecular complexity index is 2130. The second-order valence-electron chi connectivity index (χ2n) is 14.2. The number of nitrogens with one attached hydrogen (secondary N) is 3. The Kier molecular flexibility index (Phi) is 11.6. The predicted octanol–water partition coefficient (Wildman–Crippen LogP) is 5.80. The Labute approximate surface area is 315 Å². The van der Waals surface area contributed by atoms with Crippen LogP contribution >= 0.6 is 0 Å². The number of aryl methyl sites for hydroxylation is 2. The first-order chi connectivity index (χ1) is 26.3. The number of aromatic nitrogens is 3. The number of hydrogen-bond acceptors (Lipinski definition) is 8. The molecule has 5 aromatic rings. The van der Waals surface area contributed by atoms with Gasteiger partial charge in [-0.05, 0) is 85.7 Å². The fourth-order valence-corrected chi connectivity index (χ4v) is 7.46. The van der Waals surface area contributed by atoms with E-state index in [1.54, 1.807) is 36.4 Å². The number of pyridine rings is 1. The first kappa shape index (κ1) is 37.2. The van der Waals surface area contributed by atoms with E-state index in [0.717, 1.165) is 83.6 Å². The van der Waals surface area contributed by atoms with Crippen molar-refractivity contribution in [3.63, 3.8) is 0 Å². The van der Waals surface area contributed by atoms with Crippen LogP contribution in [0.15, 0.2) is 72.9 Å². The highest BCUT2D eigenvalue weighted by Gasteiger charge is 2.23. The number of benzene rings is 3. The maximum atomic E-state index is 15.1. The molecule has 2 saturated heterocycles. The number of carbonyl (C=O) groups is 2. The molecule has 0 aliphatic carbocycles. The van der Waals surface area contributed by atoms with Crippen LogP contribution < -0.4 is 21.7 Å². The number of halogens is 1. The number of anilines is 1. The molecule has 2 aliphatic rings. The van der Waals surface area contributed by atoms with Gasteiger partial charge in [0.25, 0.3) is 11.8 Å². The van der Waals surface area contributed by atoms with Crippen LogP contribution in [0.1, 0.15) is 76.2 Å². The third kappa shape index (κ3) is 8.46. The van der Waals surface area contributed by atoms with E-state index >= 15 is 4.39 Å². The van der Waals surface area contributed by atoms with Gasteiger partial charge in [-0.3, -0.25) is 14.5 Å². The van der Waals surface area contributed by atoms with Crippen molar-refractivity contribution in [2.24, 2.45) is 5.73 Å². The molecule has 11 nitrogen and oxygen atoms in total. The zero-order chi connectivity index (χ0) is 37.6. The second-order valence-corrected chi connectivity index (χ2v) is 14.2. The number of fused-ring (bicyclic) bond motifs is 1. The Hall–Kier alpha value is -5.17. The van der Waals surface area contributed by atoms with E-state index < -0.39 is 0 Å². The number of nitrogens with zero attached hydrogens (tertiary/aromatic N) is 4. The molecule has 0 spiro atoms. The summed E-state index contributed by atoms with van der Waals surface area (Å²) in [5.41, 5.74) is 13.5. The van der Waals surface area contributed by atoms with Crippen LogP contribution in [0.5, 0.6) is 0 Å². The van der Waals surface area contributed by atoms with Crippen molar-refractivity contribution in [1.82, 2.24) is 30.3 Å². The molecule has 7 rings (SSSR count). The van der Waals surface area contributed by atoms with E-state index in [1.165, 1.54) is 6.07 Å².